The van der Waals surface area contributed by atoms with E-state index in [1.54, 1.807) is 29.5 Å². The van der Waals surface area contributed by atoms with Crippen molar-refractivity contribution in [2.24, 2.45) is 0 Å². The highest BCUT2D eigenvalue weighted by molar-refractivity contribution is 7.13. The number of nitrogens with zero attached hydrogens (tertiary/aromatic N) is 2. The number of fused-ring (bicyclic) bond motifs is 1. The standard InChI is InChI=1S/C17H19N3O3S/c21-16(12-3-4-14-15(9-12)23-11-22-14)18-6-5-13-10-24-17(19-13)20-7-1-2-8-20/h3-4,9-10H,1-2,5-8,11H2,(H,18,21). The molecule has 2 aliphatic heterocycles. The van der Waals surface area contributed by atoms with Crippen molar-refractivity contribution in [3.05, 3.63) is 34.8 Å². The lowest BCUT2D eigenvalue weighted by atomic mass is 10.2. The highest BCUT2D eigenvalue weighted by Crippen LogP contribution is 2.32. The van der Waals surface area contributed by atoms with Crippen molar-refractivity contribution in [1.29, 1.82) is 0 Å². The lowest BCUT2D eigenvalue weighted by molar-refractivity contribution is 0.0953. The fourth-order valence-corrected chi connectivity index (χ4v) is 3.82. The van der Waals surface area contributed by atoms with Crippen LogP contribution in [0.5, 0.6) is 11.5 Å². The van der Waals surface area contributed by atoms with Gasteiger partial charge >= 0.3 is 0 Å². The molecule has 24 heavy (non-hydrogen) atoms. The molecule has 1 fully saturated rings. The Morgan fingerprint density at radius 3 is 2.96 bits per heavy atom. The van der Waals surface area contributed by atoms with Gasteiger partial charge in [0.05, 0.1) is 5.69 Å². The predicted molar refractivity (Wildman–Crippen MR) is 92.2 cm³/mol. The lowest BCUT2D eigenvalue weighted by Gasteiger charge is -2.12. The van der Waals surface area contributed by atoms with Crippen molar-refractivity contribution in [3.8, 4) is 11.5 Å². The van der Waals surface area contributed by atoms with Gasteiger partial charge in [-0.2, -0.15) is 0 Å². The van der Waals surface area contributed by atoms with E-state index in [1.165, 1.54) is 12.8 Å². The van der Waals surface area contributed by atoms with Crippen LogP contribution in [0.4, 0.5) is 5.13 Å². The zero-order valence-electron chi connectivity index (χ0n) is 13.3. The number of carbonyl (C=O) groups is 1. The van der Waals surface area contributed by atoms with Crippen LogP contribution in [-0.4, -0.2) is 37.3 Å². The molecule has 6 nitrogen and oxygen atoms in total. The minimum atomic E-state index is -0.108. The number of amides is 1. The quantitative estimate of drug-likeness (QED) is 0.902. The van der Waals surface area contributed by atoms with E-state index in [4.69, 9.17) is 9.47 Å². The Morgan fingerprint density at radius 2 is 2.08 bits per heavy atom. The summed E-state index contributed by atoms with van der Waals surface area (Å²) >= 11 is 1.69. The second-order valence-corrected chi connectivity index (χ2v) is 6.73. The largest absolute Gasteiger partial charge is 0.454 e. The van der Waals surface area contributed by atoms with Crippen molar-refractivity contribution in [1.82, 2.24) is 10.3 Å². The van der Waals surface area contributed by atoms with Gasteiger partial charge in [-0.15, -0.1) is 11.3 Å². The van der Waals surface area contributed by atoms with E-state index < -0.39 is 0 Å². The molecule has 0 radical (unpaired) electrons. The van der Waals surface area contributed by atoms with Gasteiger partial charge in [-0.1, -0.05) is 0 Å². The maximum Gasteiger partial charge on any atom is 0.251 e. The van der Waals surface area contributed by atoms with E-state index in [2.05, 4.69) is 20.6 Å². The first-order valence-corrected chi connectivity index (χ1v) is 9.05. The van der Waals surface area contributed by atoms with Gasteiger partial charge in [0.25, 0.3) is 5.91 Å². The molecule has 0 bridgehead atoms. The highest BCUT2D eigenvalue weighted by Gasteiger charge is 2.17. The number of ether oxygens (including phenoxy) is 2. The first-order valence-electron chi connectivity index (χ1n) is 8.17. The normalized spacial score (nSPS) is 15.8. The Balaban J connectivity index is 1.30. The van der Waals surface area contributed by atoms with Gasteiger partial charge in [0.1, 0.15) is 0 Å². The van der Waals surface area contributed by atoms with Crippen LogP contribution < -0.4 is 19.7 Å². The summed E-state index contributed by atoms with van der Waals surface area (Å²) in [5.41, 5.74) is 1.61. The number of nitrogens with one attached hydrogen (secondary N) is 1. The molecule has 126 valence electrons. The number of aromatic nitrogens is 1. The molecule has 0 unspecified atom stereocenters. The number of benzene rings is 1. The molecule has 7 heteroatoms. The second-order valence-electron chi connectivity index (χ2n) is 5.89. The van der Waals surface area contributed by atoms with E-state index >= 15 is 0 Å². The molecule has 1 aromatic heterocycles. The van der Waals surface area contributed by atoms with Gasteiger partial charge in [-0.05, 0) is 31.0 Å². The van der Waals surface area contributed by atoms with Crippen LogP contribution in [0.25, 0.3) is 0 Å². The van der Waals surface area contributed by atoms with Gasteiger partial charge in [0.15, 0.2) is 16.6 Å². The fourth-order valence-electron chi connectivity index (χ4n) is 2.91. The molecule has 1 N–H and O–H groups in total. The number of thiazole rings is 1. The van der Waals surface area contributed by atoms with E-state index in [9.17, 15) is 4.79 Å². The van der Waals surface area contributed by atoms with Crippen molar-refractivity contribution >= 4 is 22.4 Å². The number of hydrogen-bond donors (Lipinski definition) is 1. The van der Waals surface area contributed by atoms with E-state index in [0.29, 0.717) is 23.6 Å². The van der Waals surface area contributed by atoms with Crippen LogP contribution in [0, 0.1) is 0 Å². The summed E-state index contributed by atoms with van der Waals surface area (Å²) in [7, 11) is 0. The molecule has 1 aromatic carbocycles. The summed E-state index contributed by atoms with van der Waals surface area (Å²) in [6, 6.07) is 5.23. The number of hydrogen-bond acceptors (Lipinski definition) is 6. The summed E-state index contributed by atoms with van der Waals surface area (Å²) in [6.07, 6.45) is 3.24. The Labute approximate surface area is 144 Å². The van der Waals surface area contributed by atoms with Crippen molar-refractivity contribution in [2.75, 3.05) is 31.3 Å². The summed E-state index contributed by atoms with van der Waals surface area (Å²) in [5, 5.41) is 6.12. The Bertz CT molecular complexity index is 740. The van der Waals surface area contributed by atoms with E-state index in [0.717, 1.165) is 30.3 Å². The molecule has 0 atom stereocenters. The van der Waals surface area contributed by atoms with Crippen LogP contribution in [0.2, 0.25) is 0 Å². The molecule has 0 spiro atoms. The van der Waals surface area contributed by atoms with E-state index in [1.807, 2.05) is 0 Å². The molecular formula is C17H19N3O3S. The predicted octanol–water partition coefficient (Wildman–Crippen LogP) is 2.44. The summed E-state index contributed by atoms with van der Waals surface area (Å²) in [6.45, 7) is 2.99. The Morgan fingerprint density at radius 1 is 1.25 bits per heavy atom. The molecule has 0 saturated carbocycles. The summed E-state index contributed by atoms with van der Waals surface area (Å²) < 4.78 is 10.6. The molecule has 3 heterocycles. The van der Waals surface area contributed by atoms with Crippen molar-refractivity contribution in [2.45, 2.75) is 19.3 Å². The third-order valence-corrected chi connectivity index (χ3v) is 5.17. The van der Waals surface area contributed by atoms with Crippen LogP contribution >= 0.6 is 11.3 Å². The molecule has 2 aromatic rings. The monoisotopic (exact) mass is 345 g/mol. The Kier molecular flexibility index (Phi) is 4.25. The van der Waals surface area contributed by atoms with Crippen molar-refractivity contribution in [3.63, 3.8) is 0 Å². The second kappa shape index (κ2) is 6.68. The minimum absolute atomic E-state index is 0.108. The number of anilines is 1. The lowest BCUT2D eigenvalue weighted by Crippen LogP contribution is -2.25. The van der Waals surface area contributed by atoms with Crippen LogP contribution in [-0.2, 0) is 6.42 Å². The maximum atomic E-state index is 12.2. The van der Waals surface area contributed by atoms with Crippen LogP contribution in [0.1, 0.15) is 28.9 Å². The van der Waals surface area contributed by atoms with Gasteiger partial charge in [-0.3, -0.25) is 4.79 Å². The molecule has 4 rings (SSSR count). The third kappa shape index (κ3) is 3.17. The number of rotatable bonds is 5. The van der Waals surface area contributed by atoms with Gasteiger partial charge in [0.2, 0.25) is 6.79 Å². The molecule has 2 aliphatic rings. The summed E-state index contributed by atoms with van der Waals surface area (Å²) in [5.74, 6) is 1.20. The van der Waals surface area contributed by atoms with Crippen LogP contribution in [0.15, 0.2) is 23.6 Å². The average Bonchev–Trinajstić information content (AvgIpc) is 3.34. The van der Waals surface area contributed by atoms with Gasteiger partial charge in [0, 0.05) is 37.0 Å². The fraction of sp³-hybridized carbons (Fsp3) is 0.412. The first-order chi connectivity index (χ1) is 11.8. The zero-order chi connectivity index (χ0) is 16.4. The SMILES string of the molecule is O=C(NCCc1csc(N2CCCC2)n1)c1ccc2c(c1)OCO2. The smallest absolute Gasteiger partial charge is 0.251 e. The molecule has 1 amide bonds. The maximum absolute atomic E-state index is 12.2. The third-order valence-electron chi connectivity index (χ3n) is 4.22. The average molecular weight is 345 g/mol. The Hall–Kier alpha value is -2.28. The molecular weight excluding hydrogens is 326 g/mol. The van der Waals surface area contributed by atoms with Gasteiger partial charge < -0.3 is 19.7 Å². The van der Waals surface area contributed by atoms with Crippen LogP contribution in [0.3, 0.4) is 0 Å². The summed E-state index contributed by atoms with van der Waals surface area (Å²) in [4.78, 5) is 19.2. The highest BCUT2D eigenvalue weighted by atomic mass is 32.1. The van der Waals surface area contributed by atoms with Crippen molar-refractivity contribution < 1.29 is 14.3 Å². The topological polar surface area (TPSA) is 63.7 Å². The minimum Gasteiger partial charge on any atom is -0.454 e. The molecule has 1 saturated heterocycles. The molecule has 0 aliphatic carbocycles. The van der Waals surface area contributed by atoms with E-state index in [-0.39, 0.29) is 12.7 Å². The first kappa shape index (κ1) is 15.3. The number of carbonyl (C=O) groups excluding carboxylic acids is 1. The van der Waals surface area contributed by atoms with Gasteiger partial charge in [-0.25, -0.2) is 4.98 Å². The zero-order valence-corrected chi connectivity index (χ0v) is 14.1.